The Hall–Kier alpha value is -5.01. The fourth-order valence-electron chi connectivity index (χ4n) is 5.46. The number of hydrogen-bond donors (Lipinski definition) is 0. The Kier molecular flexibility index (Phi) is 4.83. The number of para-hydroxylation sites is 2. The minimum absolute atomic E-state index is 0.193. The van der Waals surface area contributed by atoms with Crippen molar-refractivity contribution in [2.75, 3.05) is 0 Å². The Bertz CT molecular complexity index is 1930. The SMILES string of the molecule is CC1(C)c2ccccc2Oc2c(-c3ccc4ccc5ccc(-c6ccc(C#N)cc6)nc5c4n3)cccc21. The molecule has 0 amide bonds. The molecule has 0 atom stereocenters. The summed E-state index contributed by atoms with van der Waals surface area (Å²) < 4.78 is 6.52. The Morgan fingerprint density at radius 2 is 1.29 bits per heavy atom. The lowest BCUT2D eigenvalue weighted by atomic mass is 9.75. The second-order valence-electron chi connectivity index (χ2n) is 10.2. The standard InChI is InChI=1S/C34H23N3O/c1-34(2)26-7-3-4-9-30(26)38-33-25(6-5-8-27(33)34)29-19-17-24-15-14-23-16-18-28(36-31(23)32(24)37-29)22-12-10-21(20-35)11-13-22/h3-19H,1-2H3. The van der Waals surface area contributed by atoms with Gasteiger partial charge in [-0.15, -0.1) is 0 Å². The lowest BCUT2D eigenvalue weighted by Gasteiger charge is -2.35. The zero-order valence-corrected chi connectivity index (χ0v) is 21.1. The van der Waals surface area contributed by atoms with Gasteiger partial charge >= 0.3 is 0 Å². The van der Waals surface area contributed by atoms with E-state index in [0.29, 0.717) is 5.56 Å². The molecule has 0 aliphatic carbocycles. The fraction of sp³-hybridized carbons (Fsp3) is 0.0882. The molecule has 0 unspecified atom stereocenters. The number of ether oxygens (including phenoxy) is 1. The van der Waals surface area contributed by atoms with Crippen molar-refractivity contribution in [1.29, 1.82) is 5.26 Å². The summed E-state index contributed by atoms with van der Waals surface area (Å²) in [5, 5.41) is 11.2. The van der Waals surface area contributed by atoms with Gasteiger partial charge in [-0.25, -0.2) is 9.97 Å². The number of nitrogens with zero attached hydrogens (tertiary/aromatic N) is 3. The van der Waals surface area contributed by atoms with Gasteiger partial charge in [-0.05, 0) is 36.4 Å². The van der Waals surface area contributed by atoms with Crippen LogP contribution in [0.1, 0.15) is 30.5 Å². The average Bonchev–Trinajstić information content (AvgIpc) is 2.96. The van der Waals surface area contributed by atoms with Crippen LogP contribution in [-0.4, -0.2) is 9.97 Å². The first-order valence-corrected chi connectivity index (χ1v) is 12.7. The zero-order valence-electron chi connectivity index (χ0n) is 21.1. The van der Waals surface area contributed by atoms with E-state index >= 15 is 0 Å². The quantitative estimate of drug-likeness (QED) is 0.229. The smallest absolute Gasteiger partial charge is 0.140 e. The predicted octanol–water partition coefficient (Wildman–Crippen LogP) is 8.42. The van der Waals surface area contributed by atoms with Crippen LogP contribution in [0.5, 0.6) is 11.5 Å². The molecule has 0 fully saturated rings. The van der Waals surface area contributed by atoms with Crippen LogP contribution in [0.4, 0.5) is 0 Å². The van der Waals surface area contributed by atoms with E-state index in [1.54, 1.807) is 0 Å². The van der Waals surface area contributed by atoms with Crippen LogP contribution in [0.2, 0.25) is 0 Å². The van der Waals surface area contributed by atoms with Gasteiger partial charge < -0.3 is 4.74 Å². The maximum Gasteiger partial charge on any atom is 0.140 e. The Labute approximate surface area is 220 Å². The molecule has 0 spiro atoms. The molecule has 1 aliphatic heterocycles. The maximum atomic E-state index is 9.15. The molecule has 1 aliphatic rings. The first-order chi connectivity index (χ1) is 18.5. The number of fused-ring (bicyclic) bond motifs is 5. The molecule has 0 bridgehead atoms. The van der Waals surface area contributed by atoms with Gasteiger partial charge in [0.25, 0.3) is 0 Å². The third kappa shape index (κ3) is 3.37. The molecule has 6 aromatic rings. The topological polar surface area (TPSA) is 58.8 Å². The van der Waals surface area contributed by atoms with Crippen LogP contribution < -0.4 is 4.74 Å². The highest BCUT2D eigenvalue weighted by Crippen LogP contribution is 2.50. The van der Waals surface area contributed by atoms with Crippen LogP contribution in [-0.2, 0) is 5.41 Å². The van der Waals surface area contributed by atoms with Gasteiger partial charge in [-0.3, -0.25) is 0 Å². The molecule has 4 heteroatoms. The van der Waals surface area contributed by atoms with Gasteiger partial charge in [0.15, 0.2) is 0 Å². The van der Waals surface area contributed by atoms with E-state index in [2.05, 4.69) is 80.6 Å². The highest BCUT2D eigenvalue weighted by molar-refractivity contribution is 6.04. The largest absolute Gasteiger partial charge is 0.456 e. The van der Waals surface area contributed by atoms with Crippen molar-refractivity contribution in [3.05, 3.63) is 120 Å². The van der Waals surface area contributed by atoms with Crippen molar-refractivity contribution in [3.63, 3.8) is 0 Å². The molecule has 180 valence electrons. The van der Waals surface area contributed by atoms with E-state index in [9.17, 15) is 0 Å². The molecule has 0 radical (unpaired) electrons. The first kappa shape index (κ1) is 22.2. The molecule has 0 saturated carbocycles. The predicted molar refractivity (Wildman–Crippen MR) is 151 cm³/mol. The van der Waals surface area contributed by atoms with Gasteiger partial charge in [0.05, 0.1) is 34.1 Å². The Morgan fingerprint density at radius 1 is 0.658 bits per heavy atom. The summed E-state index contributed by atoms with van der Waals surface area (Å²) >= 11 is 0. The molecule has 7 rings (SSSR count). The van der Waals surface area contributed by atoms with Crippen molar-refractivity contribution in [3.8, 4) is 40.1 Å². The lowest BCUT2D eigenvalue weighted by molar-refractivity contribution is 0.419. The molecule has 0 N–H and O–H groups in total. The molecule has 0 saturated heterocycles. The summed E-state index contributed by atoms with van der Waals surface area (Å²) in [7, 11) is 0. The molecular weight excluding hydrogens is 466 g/mol. The van der Waals surface area contributed by atoms with Gasteiger partial charge in [-0.2, -0.15) is 5.26 Å². The lowest BCUT2D eigenvalue weighted by Crippen LogP contribution is -2.24. The van der Waals surface area contributed by atoms with E-state index in [4.69, 9.17) is 20.0 Å². The third-order valence-corrected chi connectivity index (χ3v) is 7.57. The monoisotopic (exact) mass is 489 g/mol. The van der Waals surface area contributed by atoms with Gasteiger partial charge in [0.1, 0.15) is 11.5 Å². The molecule has 4 nitrogen and oxygen atoms in total. The maximum absolute atomic E-state index is 9.15. The van der Waals surface area contributed by atoms with Gasteiger partial charge in [0, 0.05) is 38.4 Å². The number of aromatic nitrogens is 2. The first-order valence-electron chi connectivity index (χ1n) is 12.7. The van der Waals surface area contributed by atoms with Crippen molar-refractivity contribution in [1.82, 2.24) is 9.97 Å². The summed E-state index contributed by atoms with van der Waals surface area (Å²) in [5.41, 5.74) is 8.09. The molecular formula is C34H23N3O. The second-order valence-corrected chi connectivity index (χ2v) is 10.2. The minimum atomic E-state index is -0.193. The van der Waals surface area contributed by atoms with Gasteiger partial charge in [0.2, 0.25) is 0 Å². The van der Waals surface area contributed by atoms with Crippen LogP contribution in [0.15, 0.2) is 103 Å². The zero-order chi connectivity index (χ0) is 25.9. The van der Waals surface area contributed by atoms with E-state index in [0.717, 1.165) is 61.4 Å². The van der Waals surface area contributed by atoms with E-state index in [-0.39, 0.29) is 5.41 Å². The minimum Gasteiger partial charge on any atom is -0.456 e. The third-order valence-electron chi connectivity index (χ3n) is 7.57. The summed E-state index contributed by atoms with van der Waals surface area (Å²) in [4.78, 5) is 10.2. The highest BCUT2D eigenvalue weighted by Gasteiger charge is 2.35. The summed E-state index contributed by atoms with van der Waals surface area (Å²) in [6.45, 7) is 4.49. The summed E-state index contributed by atoms with van der Waals surface area (Å²) in [6, 6.07) is 36.7. The van der Waals surface area contributed by atoms with Crippen LogP contribution in [0.25, 0.3) is 44.3 Å². The van der Waals surface area contributed by atoms with Crippen molar-refractivity contribution < 1.29 is 4.74 Å². The van der Waals surface area contributed by atoms with Crippen LogP contribution in [0, 0.1) is 11.3 Å². The molecule has 4 aromatic carbocycles. The second kappa shape index (κ2) is 8.26. The van der Waals surface area contributed by atoms with E-state index < -0.39 is 0 Å². The van der Waals surface area contributed by atoms with Crippen LogP contribution in [0.3, 0.4) is 0 Å². The summed E-state index contributed by atoms with van der Waals surface area (Å²) in [6.07, 6.45) is 0. The fourth-order valence-corrected chi connectivity index (χ4v) is 5.46. The van der Waals surface area contributed by atoms with E-state index in [1.807, 2.05) is 42.5 Å². The van der Waals surface area contributed by atoms with Crippen LogP contribution >= 0.6 is 0 Å². The number of benzene rings is 4. The number of pyridine rings is 2. The number of hydrogen-bond acceptors (Lipinski definition) is 4. The van der Waals surface area contributed by atoms with E-state index in [1.165, 1.54) is 5.56 Å². The highest BCUT2D eigenvalue weighted by atomic mass is 16.5. The molecule has 2 aromatic heterocycles. The molecule has 3 heterocycles. The van der Waals surface area contributed by atoms with Crippen molar-refractivity contribution in [2.45, 2.75) is 19.3 Å². The summed E-state index contributed by atoms with van der Waals surface area (Å²) in [5.74, 6) is 1.74. The van der Waals surface area contributed by atoms with Crippen molar-refractivity contribution in [2.24, 2.45) is 0 Å². The Balaban J connectivity index is 1.41. The molecule has 38 heavy (non-hydrogen) atoms. The number of rotatable bonds is 2. The number of nitriles is 1. The van der Waals surface area contributed by atoms with Gasteiger partial charge in [-0.1, -0.05) is 80.6 Å². The average molecular weight is 490 g/mol. The van der Waals surface area contributed by atoms with Crippen molar-refractivity contribution >= 4 is 21.8 Å². The normalized spacial score (nSPS) is 13.4. The Morgan fingerprint density at radius 3 is 2.03 bits per heavy atom.